The molecule has 162 valence electrons. The van der Waals surface area contributed by atoms with Gasteiger partial charge in [-0.1, -0.05) is 30.3 Å². The molecule has 0 spiro atoms. The van der Waals surface area contributed by atoms with Crippen LogP contribution in [0.3, 0.4) is 0 Å². The quantitative estimate of drug-likeness (QED) is 0.386. The summed E-state index contributed by atoms with van der Waals surface area (Å²) in [5.41, 5.74) is 5.16. The van der Waals surface area contributed by atoms with Gasteiger partial charge in [0.05, 0.1) is 30.2 Å². The van der Waals surface area contributed by atoms with Crippen molar-refractivity contribution in [1.82, 2.24) is 19.9 Å². The Kier molecular flexibility index (Phi) is 4.72. The third-order valence-corrected chi connectivity index (χ3v) is 6.01. The molecule has 0 bridgehead atoms. The molecule has 3 aromatic heterocycles. The van der Waals surface area contributed by atoms with Crippen molar-refractivity contribution in [3.8, 4) is 28.4 Å². The molecule has 0 radical (unpaired) electrons. The van der Waals surface area contributed by atoms with Gasteiger partial charge in [0.15, 0.2) is 6.39 Å². The number of hydrogen-bond acceptors (Lipinski definition) is 7. The standard InChI is InChI=1S/C26H21N5O2/c1-32-20-7-4-6-18(11-20)25-26(30-22(12-27-25)23-15-33-16-28-23)19-13-31(14-19)24-10-9-17-5-2-3-8-21(17)29-24/h2-12,15-16,19H,13-14H2,1H3. The number of rotatable bonds is 5. The van der Waals surface area contributed by atoms with Gasteiger partial charge in [-0.05, 0) is 30.3 Å². The lowest BCUT2D eigenvalue weighted by Crippen LogP contribution is -2.46. The summed E-state index contributed by atoms with van der Waals surface area (Å²) >= 11 is 0. The number of aromatic nitrogens is 4. The Morgan fingerprint density at radius 3 is 2.70 bits per heavy atom. The lowest BCUT2D eigenvalue weighted by atomic mass is 9.92. The van der Waals surface area contributed by atoms with Crippen LogP contribution in [0.5, 0.6) is 5.75 Å². The maximum absolute atomic E-state index is 5.42. The maximum Gasteiger partial charge on any atom is 0.181 e. The molecule has 1 aliphatic rings. The predicted molar refractivity (Wildman–Crippen MR) is 126 cm³/mol. The number of nitrogens with zero attached hydrogens (tertiary/aromatic N) is 5. The van der Waals surface area contributed by atoms with Crippen LogP contribution in [0.4, 0.5) is 5.82 Å². The van der Waals surface area contributed by atoms with Crippen LogP contribution >= 0.6 is 0 Å². The van der Waals surface area contributed by atoms with Gasteiger partial charge in [-0.3, -0.25) is 4.98 Å². The minimum atomic E-state index is 0.221. The van der Waals surface area contributed by atoms with E-state index in [1.807, 2.05) is 42.5 Å². The van der Waals surface area contributed by atoms with Crippen LogP contribution < -0.4 is 9.64 Å². The number of para-hydroxylation sites is 1. The summed E-state index contributed by atoms with van der Waals surface area (Å²) < 4.78 is 10.6. The number of anilines is 1. The van der Waals surface area contributed by atoms with Crippen molar-refractivity contribution in [1.29, 1.82) is 0 Å². The van der Waals surface area contributed by atoms with E-state index < -0.39 is 0 Å². The highest BCUT2D eigenvalue weighted by Crippen LogP contribution is 2.36. The first-order valence-corrected chi connectivity index (χ1v) is 10.8. The van der Waals surface area contributed by atoms with Gasteiger partial charge in [0.1, 0.15) is 29.2 Å². The lowest BCUT2D eigenvalue weighted by molar-refractivity contribution is 0.415. The summed E-state index contributed by atoms with van der Waals surface area (Å²) in [4.78, 5) is 21.1. The van der Waals surface area contributed by atoms with Crippen LogP contribution in [0.1, 0.15) is 11.6 Å². The summed E-state index contributed by atoms with van der Waals surface area (Å²) in [6.45, 7) is 1.64. The number of benzene rings is 2. The number of methoxy groups -OCH3 is 1. The van der Waals surface area contributed by atoms with E-state index in [1.54, 1.807) is 19.6 Å². The van der Waals surface area contributed by atoms with E-state index in [9.17, 15) is 0 Å². The molecule has 0 unspecified atom stereocenters. The molecule has 1 fully saturated rings. The molecular weight excluding hydrogens is 414 g/mol. The molecule has 5 aromatic rings. The van der Waals surface area contributed by atoms with Crippen LogP contribution in [-0.4, -0.2) is 40.1 Å². The third-order valence-electron chi connectivity index (χ3n) is 6.01. The highest BCUT2D eigenvalue weighted by Gasteiger charge is 2.33. The molecule has 2 aromatic carbocycles. The lowest BCUT2D eigenvalue weighted by Gasteiger charge is -2.40. The Hall–Kier alpha value is -4.26. The fourth-order valence-electron chi connectivity index (χ4n) is 4.21. The van der Waals surface area contributed by atoms with E-state index in [1.165, 1.54) is 6.39 Å². The van der Waals surface area contributed by atoms with Crippen LogP contribution in [-0.2, 0) is 0 Å². The van der Waals surface area contributed by atoms with Gasteiger partial charge in [-0.2, -0.15) is 0 Å². The number of oxazole rings is 1. The van der Waals surface area contributed by atoms with Crippen molar-refractivity contribution in [2.75, 3.05) is 25.1 Å². The predicted octanol–water partition coefficient (Wildman–Crippen LogP) is 4.96. The minimum Gasteiger partial charge on any atom is -0.497 e. The summed E-state index contributed by atoms with van der Waals surface area (Å²) in [7, 11) is 1.67. The molecule has 0 aliphatic carbocycles. The SMILES string of the molecule is COc1cccc(-c2ncc(-c3cocn3)nc2C2CN(c3ccc4ccccc4n3)C2)c1. The van der Waals surface area contributed by atoms with Crippen molar-refractivity contribution in [3.05, 3.63) is 85.2 Å². The largest absolute Gasteiger partial charge is 0.497 e. The molecule has 4 heterocycles. The monoisotopic (exact) mass is 435 g/mol. The molecule has 0 atom stereocenters. The number of pyridine rings is 1. The number of ether oxygens (including phenoxy) is 1. The number of hydrogen-bond donors (Lipinski definition) is 0. The maximum atomic E-state index is 5.42. The van der Waals surface area contributed by atoms with Gasteiger partial charge in [0.25, 0.3) is 0 Å². The van der Waals surface area contributed by atoms with Crippen molar-refractivity contribution < 1.29 is 9.15 Å². The van der Waals surface area contributed by atoms with Crippen LogP contribution in [0.2, 0.25) is 0 Å². The first-order valence-electron chi connectivity index (χ1n) is 10.8. The summed E-state index contributed by atoms with van der Waals surface area (Å²) in [6, 6.07) is 20.3. The molecule has 1 aliphatic heterocycles. The van der Waals surface area contributed by atoms with Gasteiger partial charge in [-0.25, -0.2) is 15.0 Å². The average molecular weight is 435 g/mol. The average Bonchev–Trinajstić information content (AvgIpc) is 3.38. The fourth-order valence-corrected chi connectivity index (χ4v) is 4.21. The van der Waals surface area contributed by atoms with E-state index >= 15 is 0 Å². The van der Waals surface area contributed by atoms with Gasteiger partial charge >= 0.3 is 0 Å². The van der Waals surface area contributed by atoms with Gasteiger partial charge in [0, 0.05) is 30.0 Å². The second kappa shape index (κ2) is 8.02. The Bertz CT molecular complexity index is 1430. The number of fused-ring (bicyclic) bond motifs is 1. The topological polar surface area (TPSA) is 77.2 Å². The highest BCUT2D eigenvalue weighted by molar-refractivity contribution is 5.80. The second-order valence-corrected chi connectivity index (χ2v) is 8.06. The van der Waals surface area contributed by atoms with Gasteiger partial charge < -0.3 is 14.1 Å². The van der Waals surface area contributed by atoms with E-state index in [0.717, 1.165) is 52.5 Å². The van der Waals surface area contributed by atoms with E-state index in [0.29, 0.717) is 11.4 Å². The molecular formula is C26H21N5O2. The minimum absolute atomic E-state index is 0.221. The normalized spacial score (nSPS) is 13.8. The van der Waals surface area contributed by atoms with Crippen LogP contribution in [0, 0.1) is 0 Å². The highest BCUT2D eigenvalue weighted by atomic mass is 16.5. The molecule has 0 amide bonds. The van der Waals surface area contributed by atoms with E-state index in [-0.39, 0.29) is 5.92 Å². The first-order chi connectivity index (χ1) is 16.3. The van der Waals surface area contributed by atoms with Crippen molar-refractivity contribution in [3.63, 3.8) is 0 Å². The van der Waals surface area contributed by atoms with Crippen molar-refractivity contribution >= 4 is 16.7 Å². The summed E-state index contributed by atoms with van der Waals surface area (Å²) in [5.74, 6) is 1.99. The Balaban J connectivity index is 1.34. The molecule has 7 nitrogen and oxygen atoms in total. The van der Waals surface area contributed by atoms with Crippen molar-refractivity contribution in [2.45, 2.75) is 5.92 Å². The van der Waals surface area contributed by atoms with Gasteiger partial charge in [-0.15, -0.1) is 0 Å². The third kappa shape index (κ3) is 3.57. The van der Waals surface area contributed by atoms with E-state index in [4.69, 9.17) is 24.1 Å². The smallest absolute Gasteiger partial charge is 0.181 e. The Labute approximate surface area is 190 Å². The summed E-state index contributed by atoms with van der Waals surface area (Å²) in [5, 5.41) is 1.14. The van der Waals surface area contributed by atoms with Crippen LogP contribution in [0.25, 0.3) is 33.5 Å². The first kappa shape index (κ1) is 19.4. The van der Waals surface area contributed by atoms with Crippen LogP contribution in [0.15, 0.2) is 83.9 Å². The fraction of sp³-hybridized carbons (Fsp3) is 0.154. The molecule has 1 saturated heterocycles. The Morgan fingerprint density at radius 2 is 1.85 bits per heavy atom. The molecule has 7 heteroatoms. The Morgan fingerprint density at radius 1 is 0.939 bits per heavy atom. The zero-order valence-corrected chi connectivity index (χ0v) is 18.0. The molecule has 0 saturated carbocycles. The zero-order chi connectivity index (χ0) is 22.2. The van der Waals surface area contributed by atoms with Gasteiger partial charge in [0.2, 0.25) is 0 Å². The summed E-state index contributed by atoms with van der Waals surface area (Å²) in [6.07, 6.45) is 4.74. The zero-order valence-electron chi connectivity index (χ0n) is 18.0. The molecule has 0 N–H and O–H groups in total. The van der Waals surface area contributed by atoms with E-state index in [2.05, 4.69) is 28.1 Å². The molecule has 33 heavy (non-hydrogen) atoms. The molecule has 6 rings (SSSR count). The van der Waals surface area contributed by atoms with Crippen molar-refractivity contribution in [2.24, 2.45) is 0 Å². The second-order valence-electron chi connectivity index (χ2n) is 8.06.